The Morgan fingerprint density at radius 2 is 1.56 bits per heavy atom. The lowest BCUT2D eigenvalue weighted by atomic mass is 10.2. The summed E-state index contributed by atoms with van der Waals surface area (Å²) in [6.07, 6.45) is 3.10. The van der Waals surface area contributed by atoms with Crippen LogP contribution in [0.25, 0.3) is 0 Å². The van der Waals surface area contributed by atoms with Crippen LogP contribution in [0, 0.1) is 0 Å². The van der Waals surface area contributed by atoms with Crippen molar-refractivity contribution in [3.05, 3.63) is 59.7 Å². The Labute approximate surface area is 186 Å². The molecule has 0 atom stereocenters. The third kappa shape index (κ3) is 6.16. The molecule has 1 heterocycles. The van der Waals surface area contributed by atoms with Crippen LogP contribution in [-0.2, 0) is 19.1 Å². The molecule has 8 nitrogen and oxygen atoms in total. The van der Waals surface area contributed by atoms with Crippen molar-refractivity contribution in [3.8, 4) is 0 Å². The number of carbonyl (C=O) groups excluding carboxylic acids is 4. The summed E-state index contributed by atoms with van der Waals surface area (Å²) < 4.78 is 10.2. The Morgan fingerprint density at radius 1 is 0.938 bits per heavy atom. The summed E-state index contributed by atoms with van der Waals surface area (Å²) in [6.45, 7) is 2.60. The number of nitrogens with one attached hydrogen (secondary N) is 1. The summed E-state index contributed by atoms with van der Waals surface area (Å²) in [6, 6.07) is 12.8. The molecule has 32 heavy (non-hydrogen) atoms. The van der Waals surface area contributed by atoms with Crippen LogP contribution in [-0.4, -0.2) is 43.5 Å². The highest BCUT2D eigenvalue weighted by molar-refractivity contribution is 5.98. The van der Waals surface area contributed by atoms with Gasteiger partial charge in [-0.1, -0.05) is 13.3 Å². The Hall–Kier alpha value is -3.68. The number of hydrogen-bond acceptors (Lipinski definition) is 6. The van der Waals surface area contributed by atoms with E-state index < -0.39 is 24.5 Å². The van der Waals surface area contributed by atoms with Crippen molar-refractivity contribution in [2.75, 3.05) is 30.0 Å². The number of benzene rings is 2. The number of amides is 2. The van der Waals surface area contributed by atoms with Gasteiger partial charge in [-0.2, -0.15) is 0 Å². The minimum atomic E-state index is -0.635. The van der Waals surface area contributed by atoms with Crippen molar-refractivity contribution in [1.29, 1.82) is 0 Å². The zero-order valence-electron chi connectivity index (χ0n) is 18.0. The number of unbranched alkanes of at least 4 members (excludes halogenated alkanes) is 1. The minimum absolute atomic E-state index is 0.0680. The molecule has 0 aromatic heterocycles. The second-order valence-electron chi connectivity index (χ2n) is 7.39. The van der Waals surface area contributed by atoms with Crippen LogP contribution in [0.4, 0.5) is 11.4 Å². The molecule has 0 bridgehead atoms. The Morgan fingerprint density at radius 3 is 2.16 bits per heavy atom. The first-order valence-electron chi connectivity index (χ1n) is 10.6. The summed E-state index contributed by atoms with van der Waals surface area (Å²) in [4.78, 5) is 49.6. The SMILES string of the molecule is CCCCOC(=O)c1ccc(NC(=O)COC(=O)c2ccc(N3CCCC3=O)cc2)cc1. The van der Waals surface area contributed by atoms with Crippen LogP contribution in [0.3, 0.4) is 0 Å². The van der Waals surface area contributed by atoms with E-state index >= 15 is 0 Å². The molecule has 1 fully saturated rings. The second-order valence-corrected chi connectivity index (χ2v) is 7.39. The molecule has 0 aliphatic carbocycles. The molecule has 2 amide bonds. The topological polar surface area (TPSA) is 102 Å². The first kappa shape index (κ1) is 23.0. The zero-order chi connectivity index (χ0) is 22.9. The Kier molecular flexibility index (Phi) is 7.96. The Balaban J connectivity index is 1.45. The number of ether oxygens (including phenoxy) is 2. The van der Waals surface area contributed by atoms with E-state index in [-0.39, 0.29) is 5.91 Å². The lowest BCUT2D eigenvalue weighted by Crippen LogP contribution is -2.23. The van der Waals surface area contributed by atoms with Crippen LogP contribution in [0.5, 0.6) is 0 Å². The van der Waals surface area contributed by atoms with E-state index in [9.17, 15) is 19.2 Å². The fourth-order valence-electron chi connectivity index (χ4n) is 3.19. The maximum Gasteiger partial charge on any atom is 0.338 e. The molecular weight excluding hydrogens is 412 g/mol. The molecule has 8 heteroatoms. The molecule has 0 unspecified atom stereocenters. The van der Waals surface area contributed by atoms with E-state index in [2.05, 4.69) is 5.32 Å². The van der Waals surface area contributed by atoms with Gasteiger partial charge in [0.1, 0.15) is 0 Å². The lowest BCUT2D eigenvalue weighted by Gasteiger charge is -2.15. The monoisotopic (exact) mass is 438 g/mol. The maximum absolute atomic E-state index is 12.2. The van der Waals surface area contributed by atoms with Gasteiger partial charge in [0.25, 0.3) is 5.91 Å². The van der Waals surface area contributed by atoms with Gasteiger partial charge in [0.05, 0.1) is 17.7 Å². The molecule has 2 aromatic rings. The first-order valence-corrected chi connectivity index (χ1v) is 10.6. The summed E-state index contributed by atoms with van der Waals surface area (Å²) in [5.74, 6) is -1.48. The van der Waals surface area contributed by atoms with Crippen molar-refractivity contribution in [1.82, 2.24) is 0 Å². The number of rotatable bonds is 9. The van der Waals surface area contributed by atoms with Crippen LogP contribution in [0.2, 0.25) is 0 Å². The molecule has 0 saturated carbocycles. The van der Waals surface area contributed by atoms with Gasteiger partial charge in [0, 0.05) is 24.3 Å². The van der Waals surface area contributed by atoms with Crippen molar-refractivity contribution < 1.29 is 28.7 Å². The largest absolute Gasteiger partial charge is 0.462 e. The molecule has 168 valence electrons. The van der Waals surface area contributed by atoms with E-state index in [1.807, 2.05) is 6.92 Å². The van der Waals surface area contributed by atoms with Gasteiger partial charge in [-0.3, -0.25) is 9.59 Å². The van der Waals surface area contributed by atoms with Gasteiger partial charge in [0.15, 0.2) is 6.61 Å². The summed E-state index contributed by atoms with van der Waals surface area (Å²) in [7, 11) is 0. The third-order valence-electron chi connectivity index (χ3n) is 4.96. The van der Waals surface area contributed by atoms with E-state index in [1.54, 1.807) is 53.4 Å². The average molecular weight is 438 g/mol. The van der Waals surface area contributed by atoms with Crippen molar-refractivity contribution >= 4 is 35.1 Å². The van der Waals surface area contributed by atoms with E-state index in [0.29, 0.717) is 36.4 Å². The summed E-state index contributed by atoms with van der Waals surface area (Å²) in [5, 5.41) is 2.61. The molecule has 1 saturated heterocycles. The van der Waals surface area contributed by atoms with Crippen LogP contribution in [0.1, 0.15) is 53.3 Å². The molecule has 1 aliphatic heterocycles. The Bertz CT molecular complexity index is 969. The van der Waals surface area contributed by atoms with E-state index in [1.165, 1.54) is 0 Å². The zero-order valence-corrected chi connectivity index (χ0v) is 18.0. The van der Waals surface area contributed by atoms with Gasteiger partial charge in [-0.15, -0.1) is 0 Å². The standard InChI is InChI=1S/C24H26N2O6/c1-2-3-15-31-23(29)17-6-10-19(11-7-17)25-21(27)16-32-24(30)18-8-12-20(13-9-18)26-14-4-5-22(26)28/h6-13H,2-5,14-16H2,1H3,(H,25,27). The summed E-state index contributed by atoms with van der Waals surface area (Å²) >= 11 is 0. The predicted molar refractivity (Wildman–Crippen MR) is 119 cm³/mol. The van der Waals surface area contributed by atoms with E-state index in [4.69, 9.17) is 9.47 Å². The molecule has 0 spiro atoms. The molecule has 0 radical (unpaired) electrons. The molecule has 1 N–H and O–H groups in total. The number of anilines is 2. The smallest absolute Gasteiger partial charge is 0.338 e. The second kappa shape index (κ2) is 11.1. The molecular formula is C24H26N2O6. The first-order chi connectivity index (χ1) is 15.5. The van der Waals surface area contributed by atoms with Crippen LogP contribution >= 0.6 is 0 Å². The third-order valence-corrected chi connectivity index (χ3v) is 4.96. The van der Waals surface area contributed by atoms with E-state index in [0.717, 1.165) is 24.9 Å². The number of carbonyl (C=O) groups is 4. The molecule has 1 aliphatic rings. The van der Waals surface area contributed by atoms with Gasteiger partial charge in [-0.05, 0) is 61.4 Å². The molecule has 3 rings (SSSR count). The van der Waals surface area contributed by atoms with Gasteiger partial charge >= 0.3 is 11.9 Å². The highest BCUT2D eigenvalue weighted by Crippen LogP contribution is 2.21. The molecule has 2 aromatic carbocycles. The van der Waals surface area contributed by atoms with Gasteiger partial charge in [0.2, 0.25) is 5.91 Å². The predicted octanol–water partition coefficient (Wildman–Crippen LogP) is 3.57. The van der Waals surface area contributed by atoms with Crippen LogP contribution < -0.4 is 10.2 Å². The average Bonchev–Trinajstić information content (AvgIpc) is 3.24. The quantitative estimate of drug-likeness (QED) is 0.474. The normalized spacial score (nSPS) is 13.0. The maximum atomic E-state index is 12.2. The lowest BCUT2D eigenvalue weighted by molar-refractivity contribution is -0.119. The fourth-order valence-corrected chi connectivity index (χ4v) is 3.19. The van der Waals surface area contributed by atoms with Gasteiger partial charge in [-0.25, -0.2) is 9.59 Å². The number of esters is 2. The summed E-state index contributed by atoms with van der Waals surface area (Å²) in [5.41, 5.74) is 1.89. The highest BCUT2D eigenvalue weighted by atomic mass is 16.5. The van der Waals surface area contributed by atoms with Crippen molar-refractivity contribution in [3.63, 3.8) is 0 Å². The number of nitrogens with zero attached hydrogens (tertiary/aromatic N) is 1. The van der Waals surface area contributed by atoms with Crippen molar-refractivity contribution in [2.45, 2.75) is 32.6 Å². The highest BCUT2D eigenvalue weighted by Gasteiger charge is 2.22. The number of hydrogen-bond donors (Lipinski definition) is 1. The fraction of sp³-hybridized carbons (Fsp3) is 0.333. The van der Waals surface area contributed by atoms with Crippen molar-refractivity contribution in [2.24, 2.45) is 0 Å². The minimum Gasteiger partial charge on any atom is -0.462 e. The van der Waals surface area contributed by atoms with Crippen LogP contribution in [0.15, 0.2) is 48.5 Å². The van der Waals surface area contributed by atoms with Gasteiger partial charge < -0.3 is 19.7 Å².